The highest BCUT2D eigenvalue weighted by atomic mass is 15.1. The topological polar surface area (TPSA) is 38.4 Å². The molecule has 0 aromatic rings. The molecule has 0 aliphatic carbocycles. The molecule has 2 nitrogen and oxygen atoms in total. The number of hydrogen-bond donors (Lipinski definition) is 1. The van der Waals surface area contributed by atoms with Crippen LogP contribution in [0.3, 0.4) is 0 Å². The molecule has 0 aliphatic heterocycles. The molecule has 0 heterocycles. The van der Waals surface area contributed by atoms with E-state index in [2.05, 4.69) is 17.2 Å². The van der Waals surface area contributed by atoms with Gasteiger partial charge in [0.1, 0.15) is 0 Å². The zero-order valence-electron chi connectivity index (χ0n) is 2.52. The number of hydrazone groups is 1. The molecule has 0 fully saturated rings. The minimum atomic E-state index is 1.64. The molecule has 0 spiro atoms. The zero-order chi connectivity index (χ0) is 3.41. The van der Waals surface area contributed by atoms with Crippen molar-refractivity contribution in [3.8, 4) is 0 Å². The Bertz CT molecular complexity index is 19.2. The summed E-state index contributed by atoms with van der Waals surface area (Å²) in [6, 6.07) is 0. The fraction of sp³-hybridized carbons (Fsp3) is 0.500. The van der Waals surface area contributed by atoms with E-state index in [1.54, 1.807) is 6.92 Å². The van der Waals surface area contributed by atoms with Crippen LogP contribution in [0.4, 0.5) is 0 Å². The molecule has 2 heteroatoms. The minimum Gasteiger partial charge on any atom is -0.323 e. The van der Waals surface area contributed by atoms with Crippen LogP contribution >= 0.6 is 0 Å². The summed E-state index contributed by atoms with van der Waals surface area (Å²) in [5.41, 5.74) is 0. The van der Waals surface area contributed by atoms with Gasteiger partial charge in [-0.25, -0.2) is 0 Å². The molecule has 0 saturated heterocycles. The van der Waals surface area contributed by atoms with Crippen molar-refractivity contribution in [2.45, 2.75) is 6.92 Å². The third-order valence-corrected chi connectivity index (χ3v) is 0.129. The largest absolute Gasteiger partial charge is 0.323 e. The van der Waals surface area contributed by atoms with Crippen molar-refractivity contribution in [3.05, 3.63) is 0 Å². The van der Waals surface area contributed by atoms with Gasteiger partial charge in [0.2, 0.25) is 0 Å². The molecular weight excluding hydrogens is 52.0 g/mol. The molecule has 23 valence electrons. The van der Waals surface area contributed by atoms with Crippen LogP contribution < -0.4 is 5.84 Å². The van der Waals surface area contributed by atoms with Gasteiger partial charge in [-0.15, -0.1) is 0 Å². The van der Waals surface area contributed by atoms with Crippen molar-refractivity contribution < 1.29 is 0 Å². The van der Waals surface area contributed by atoms with Gasteiger partial charge in [0.25, 0.3) is 0 Å². The van der Waals surface area contributed by atoms with Gasteiger partial charge in [-0.2, -0.15) is 5.10 Å². The highest BCUT2D eigenvalue weighted by Gasteiger charge is 1.35. The van der Waals surface area contributed by atoms with E-state index in [4.69, 9.17) is 0 Å². The van der Waals surface area contributed by atoms with Crippen LogP contribution in [0.25, 0.3) is 0 Å². The average molecular weight is 57.1 g/mol. The SMILES string of the molecule is C/[C]=N/N. The van der Waals surface area contributed by atoms with Gasteiger partial charge in [-0.1, -0.05) is 0 Å². The van der Waals surface area contributed by atoms with E-state index in [-0.39, 0.29) is 0 Å². The van der Waals surface area contributed by atoms with Gasteiger partial charge >= 0.3 is 0 Å². The van der Waals surface area contributed by atoms with E-state index in [9.17, 15) is 0 Å². The molecule has 0 aliphatic rings. The lowest BCUT2D eigenvalue weighted by Gasteiger charge is -1.53. The van der Waals surface area contributed by atoms with Crippen molar-refractivity contribution in [3.63, 3.8) is 0 Å². The van der Waals surface area contributed by atoms with Crippen LogP contribution in [0.2, 0.25) is 0 Å². The molecule has 0 saturated carbocycles. The lowest BCUT2D eigenvalue weighted by atomic mass is 10.9. The van der Waals surface area contributed by atoms with Gasteiger partial charge in [-0.05, 0) is 6.92 Å². The lowest BCUT2D eigenvalue weighted by molar-refractivity contribution is 1.26. The Morgan fingerprint density at radius 1 is 2.00 bits per heavy atom. The summed E-state index contributed by atoms with van der Waals surface area (Å²) in [5.74, 6) is 4.54. The van der Waals surface area contributed by atoms with Gasteiger partial charge in [0.15, 0.2) is 0 Å². The molecule has 0 aromatic carbocycles. The summed E-state index contributed by atoms with van der Waals surface area (Å²) < 4.78 is 0. The van der Waals surface area contributed by atoms with Crippen LogP contribution in [0.5, 0.6) is 0 Å². The predicted molar refractivity (Wildman–Crippen MR) is 17.3 cm³/mol. The summed E-state index contributed by atoms with van der Waals surface area (Å²) in [4.78, 5) is 0. The van der Waals surface area contributed by atoms with Crippen LogP contribution in [-0.4, -0.2) is 6.21 Å². The monoisotopic (exact) mass is 57.0 g/mol. The second kappa shape index (κ2) is 2.47. The maximum absolute atomic E-state index is 4.54. The van der Waals surface area contributed by atoms with Crippen LogP contribution in [0.15, 0.2) is 5.10 Å². The second-order valence-corrected chi connectivity index (χ2v) is 0.353. The van der Waals surface area contributed by atoms with E-state index < -0.39 is 0 Å². The smallest absolute Gasteiger partial charge is 0.0798 e. The molecule has 0 unspecified atom stereocenters. The van der Waals surface area contributed by atoms with Crippen molar-refractivity contribution in [1.82, 2.24) is 0 Å². The average Bonchev–Trinajstić information content (AvgIpc) is 1.37. The maximum Gasteiger partial charge on any atom is 0.0798 e. The first-order valence-corrected chi connectivity index (χ1v) is 0.982. The van der Waals surface area contributed by atoms with Crippen molar-refractivity contribution >= 4 is 6.21 Å². The van der Waals surface area contributed by atoms with Gasteiger partial charge in [0.05, 0.1) is 6.21 Å². The highest BCUT2D eigenvalue weighted by Crippen LogP contribution is 1.31. The van der Waals surface area contributed by atoms with Crippen molar-refractivity contribution in [2.24, 2.45) is 10.9 Å². The third kappa shape index (κ3) is 1.47. The molecule has 0 aromatic heterocycles. The Kier molecular flexibility index (Phi) is 2.14. The quantitative estimate of drug-likeness (QED) is 0.234. The number of rotatable bonds is 0. The molecule has 2 N–H and O–H groups in total. The van der Waals surface area contributed by atoms with E-state index in [0.29, 0.717) is 0 Å². The maximum atomic E-state index is 4.54. The molecule has 0 atom stereocenters. The first kappa shape index (κ1) is 3.47. The number of hydrogen-bond acceptors (Lipinski definition) is 2. The molecule has 4 heavy (non-hydrogen) atoms. The van der Waals surface area contributed by atoms with E-state index in [1.807, 2.05) is 0 Å². The lowest BCUT2D eigenvalue weighted by Crippen LogP contribution is -1.74. The fourth-order valence-electron chi connectivity index (χ4n) is 0. The van der Waals surface area contributed by atoms with Crippen LogP contribution in [-0.2, 0) is 0 Å². The molecule has 0 bridgehead atoms. The third-order valence-electron chi connectivity index (χ3n) is 0.129. The Hall–Kier alpha value is -0.530. The molecular formula is C2H5N2. The second-order valence-electron chi connectivity index (χ2n) is 0.353. The van der Waals surface area contributed by atoms with Gasteiger partial charge < -0.3 is 5.84 Å². The normalized spacial score (nSPS) is 9.25. The summed E-state index contributed by atoms with van der Waals surface area (Å²) >= 11 is 0. The van der Waals surface area contributed by atoms with E-state index in [0.717, 1.165) is 0 Å². The van der Waals surface area contributed by atoms with Crippen molar-refractivity contribution in [2.75, 3.05) is 0 Å². The summed E-state index contributed by atoms with van der Waals surface area (Å²) in [6.07, 6.45) is 2.33. The fourth-order valence-corrected chi connectivity index (χ4v) is 0. The van der Waals surface area contributed by atoms with Gasteiger partial charge in [-0.3, -0.25) is 0 Å². The molecule has 0 amide bonds. The zero-order valence-corrected chi connectivity index (χ0v) is 2.52. The van der Waals surface area contributed by atoms with Crippen molar-refractivity contribution in [1.29, 1.82) is 0 Å². The molecule has 0 rings (SSSR count). The Morgan fingerprint density at radius 3 is 2.25 bits per heavy atom. The first-order valence-electron chi connectivity index (χ1n) is 0.982. The van der Waals surface area contributed by atoms with Crippen LogP contribution in [0, 0.1) is 0 Å². The molecule has 1 radical (unpaired) electrons. The highest BCUT2D eigenvalue weighted by molar-refractivity contribution is 5.52. The summed E-state index contributed by atoms with van der Waals surface area (Å²) in [7, 11) is 0. The predicted octanol–water partition coefficient (Wildman–Crippen LogP) is -0.172. The summed E-state index contributed by atoms with van der Waals surface area (Å²) in [6.45, 7) is 1.64. The standard InChI is InChI=1S/C2H5N2/c1-2-4-3/h3H2,1H3. The minimum absolute atomic E-state index is 1.64. The number of nitrogens with two attached hydrogens (primary N) is 1. The van der Waals surface area contributed by atoms with Crippen LogP contribution in [0.1, 0.15) is 6.92 Å². The van der Waals surface area contributed by atoms with E-state index in [1.165, 1.54) is 0 Å². The summed E-state index contributed by atoms with van der Waals surface area (Å²) in [5, 5.41) is 2.99. The Morgan fingerprint density at radius 2 is 2.25 bits per heavy atom. The Labute approximate surface area is 25.3 Å². The van der Waals surface area contributed by atoms with E-state index >= 15 is 0 Å². The Balaban J connectivity index is 2.55. The van der Waals surface area contributed by atoms with Gasteiger partial charge in [0, 0.05) is 0 Å². The number of nitrogens with zero attached hydrogens (tertiary/aromatic N) is 1. The first-order chi connectivity index (χ1) is 1.91.